The van der Waals surface area contributed by atoms with E-state index in [1.54, 1.807) is 6.07 Å². The normalized spacial score (nSPS) is 14.7. The van der Waals surface area contributed by atoms with Gasteiger partial charge in [-0.05, 0) is 29.3 Å². The summed E-state index contributed by atoms with van der Waals surface area (Å²) in [6.45, 7) is 4.57. The van der Waals surface area contributed by atoms with Gasteiger partial charge in [0, 0.05) is 30.7 Å². The lowest BCUT2D eigenvalue weighted by atomic mass is 10.1. The highest BCUT2D eigenvalue weighted by molar-refractivity contribution is 9.10. The second kappa shape index (κ2) is 9.82. The van der Waals surface area contributed by atoms with Crippen molar-refractivity contribution in [3.63, 3.8) is 0 Å². The van der Waals surface area contributed by atoms with E-state index >= 15 is 0 Å². The Balaban J connectivity index is 1.41. The van der Waals surface area contributed by atoms with Crippen LogP contribution in [0.15, 0.2) is 46.9 Å². The number of nitrogens with zero attached hydrogens (tertiary/aromatic N) is 1. The van der Waals surface area contributed by atoms with E-state index in [1.807, 2.05) is 12.1 Å². The van der Waals surface area contributed by atoms with Gasteiger partial charge in [0.2, 0.25) is 0 Å². The number of amides is 1. The van der Waals surface area contributed by atoms with Gasteiger partial charge in [-0.15, -0.1) is 0 Å². The van der Waals surface area contributed by atoms with Crippen molar-refractivity contribution in [1.82, 2.24) is 10.2 Å². The third-order valence-corrected chi connectivity index (χ3v) is 4.77. The first-order valence-electron chi connectivity index (χ1n) is 8.82. The van der Waals surface area contributed by atoms with Crippen LogP contribution in [0.5, 0.6) is 5.75 Å². The minimum Gasteiger partial charge on any atom is -0.481 e. The Labute approximate surface area is 166 Å². The fourth-order valence-electron chi connectivity index (χ4n) is 2.77. The van der Waals surface area contributed by atoms with Crippen molar-refractivity contribution in [2.24, 2.45) is 0 Å². The van der Waals surface area contributed by atoms with Crippen LogP contribution in [0.3, 0.4) is 0 Å². The van der Waals surface area contributed by atoms with Gasteiger partial charge < -0.3 is 14.8 Å². The molecule has 1 aliphatic rings. The molecule has 3 rings (SSSR count). The summed E-state index contributed by atoms with van der Waals surface area (Å²) in [5.74, 6) is -0.747. The number of hydrogen-bond acceptors (Lipinski definition) is 4. The van der Waals surface area contributed by atoms with E-state index in [1.165, 1.54) is 17.7 Å². The minimum atomic E-state index is -0.506. The maximum absolute atomic E-state index is 13.7. The highest BCUT2D eigenvalue weighted by Crippen LogP contribution is 2.21. The van der Waals surface area contributed by atoms with Gasteiger partial charge in [0.1, 0.15) is 0 Å². The van der Waals surface area contributed by atoms with Gasteiger partial charge in [0.25, 0.3) is 5.91 Å². The molecule has 1 heterocycles. The molecule has 27 heavy (non-hydrogen) atoms. The molecule has 1 amide bonds. The Kier molecular flexibility index (Phi) is 7.20. The Bertz CT molecular complexity index is 764. The highest BCUT2D eigenvalue weighted by atomic mass is 79.9. The van der Waals surface area contributed by atoms with Crippen molar-refractivity contribution in [1.29, 1.82) is 0 Å². The number of benzene rings is 2. The predicted molar refractivity (Wildman–Crippen MR) is 104 cm³/mol. The standard InChI is InChI=1S/C20H22BrFN2O3/c21-17-5-6-19(18(22)11-17)27-14-20(25)23-12-15-1-3-16(4-2-15)13-24-7-9-26-10-8-24/h1-6,11H,7-10,12-14H2,(H,23,25). The Hall–Kier alpha value is -1.96. The second-order valence-electron chi connectivity index (χ2n) is 6.35. The predicted octanol–water partition coefficient (Wildman–Crippen LogP) is 3.12. The summed E-state index contributed by atoms with van der Waals surface area (Å²) in [6, 6.07) is 12.6. The molecule has 0 aromatic heterocycles. The molecule has 144 valence electrons. The molecular formula is C20H22BrFN2O3. The monoisotopic (exact) mass is 436 g/mol. The average molecular weight is 437 g/mol. The smallest absolute Gasteiger partial charge is 0.258 e. The molecule has 1 N–H and O–H groups in total. The fourth-order valence-corrected chi connectivity index (χ4v) is 3.10. The van der Waals surface area contributed by atoms with E-state index in [4.69, 9.17) is 9.47 Å². The summed E-state index contributed by atoms with van der Waals surface area (Å²) in [5, 5.41) is 2.78. The first-order chi connectivity index (χ1) is 13.1. The van der Waals surface area contributed by atoms with Gasteiger partial charge in [-0.2, -0.15) is 0 Å². The molecule has 0 saturated carbocycles. The van der Waals surface area contributed by atoms with Gasteiger partial charge in [-0.3, -0.25) is 9.69 Å². The third kappa shape index (κ3) is 6.30. The third-order valence-electron chi connectivity index (χ3n) is 4.28. The van der Waals surface area contributed by atoms with E-state index in [9.17, 15) is 9.18 Å². The van der Waals surface area contributed by atoms with Gasteiger partial charge in [0.05, 0.1) is 13.2 Å². The van der Waals surface area contributed by atoms with Crippen molar-refractivity contribution >= 4 is 21.8 Å². The molecule has 0 unspecified atom stereocenters. The lowest BCUT2D eigenvalue weighted by Gasteiger charge is -2.26. The number of carbonyl (C=O) groups excluding carboxylic acids is 1. The van der Waals surface area contributed by atoms with Crippen LogP contribution in [0.2, 0.25) is 0 Å². The van der Waals surface area contributed by atoms with Crippen molar-refractivity contribution < 1.29 is 18.7 Å². The lowest BCUT2D eigenvalue weighted by molar-refractivity contribution is -0.123. The molecule has 2 aromatic carbocycles. The number of hydrogen-bond donors (Lipinski definition) is 1. The SMILES string of the molecule is O=C(COc1ccc(Br)cc1F)NCc1ccc(CN2CCOCC2)cc1. The summed E-state index contributed by atoms with van der Waals surface area (Å²) >= 11 is 3.18. The number of morpholine rings is 1. The van der Waals surface area contributed by atoms with Crippen LogP contribution in [0.1, 0.15) is 11.1 Å². The van der Waals surface area contributed by atoms with E-state index < -0.39 is 5.82 Å². The molecule has 0 aliphatic carbocycles. The summed E-state index contributed by atoms with van der Waals surface area (Å²) < 4.78 is 24.9. The Morgan fingerprint density at radius 2 is 1.85 bits per heavy atom. The number of nitrogens with one attached hydrogen (secondary N) is 1. The second-order valence-corrected chi connectivity index (χ2v) is 7.26. The van der Waals surface area contributed by atoms with E-state index in [-0.39, 0.29) is 18.3 Å². The molecule has 0 spiro atoms. The zero-order chi connectivity index (χ0) is 19.1. The van der Waals surface area contributed by atoms with E-state index in [0.717, 1.165) is 38.4 Å². The average Bonchev–Trinajstić information content (AvgIpc) is 2.67. The van der Waals surface area contributed by atoms with Gasteiger partial charge in [-0.1, -0.05) is 40.2 Å². The summed E-state index contributed by atoms with van der Waals surface area (Å²) in [6.07, 6.45) is 0. The topological polar surface area (TPSA) is 50.8 Å². The molecule has 0 bridgehead atoms. The largest absolute Gasteiger partial charge is 0.481 e. The van der Waals surface area contributed by atoms with Crippen LogP contribution in [-0.4, -0.2) is 43.7 Å². The molecule has 5 nitrogen and oxygen atoms in total. The molecule has 0 radical (unpaired) electrons. The molecular weight excluding hydrogens is 415 g/mol. The van der Waals surface area contributed by atoms with E-state index in [2.05, 4.69) is 38.3 Å². The summed E-state index contributed by atoms with van der Waals surface area (Å²) in [4.78, 5) is 14.3. The Morgan fingerprint density at radius 1 is 1.15 bits per heavy atom. The Morgan fingerprint density at radius 3 is 2.56 bits per heavy atom. The number of carbonyl (C=O) groups is 1. The van der Waals surface area contributed by atoms with Crippen LogP contribution in [0, 0.1) is 5.82 Å². The number of ether oxygens (including phenoxy) is 2. The van der Waals surface area contributed by atoms with Gasteiger partial charge in [-0.25, -0.2) is 4.39 Å². The maximum Gasteiger partial charge on any atom is 0.258 e. The van der Waals surface area contributed by atoms with E-state index in [0.29, 0.717) is 11.0 Å². The van der Waals surface area contributed by atoms with Crippen molar-refractivity contribution in [3.8, 4) is 5.75 Å². The molecule has 1 saturated heterocycles. The minimum absolute atomic E-state index is 0.0563. The molecule has 0 atom stereocenters. The van der Waals surface area contributed by atoms with Crippen molar-refractivity contribution in [2.75, 3.05) is 32.9 Å². The lowest BCUT2D eigenvalue weighted by Crippen LogP contribution is -2.35. The molecule has 2 aromatic rings. The first-order valence-corrected chi connectivity index (χ1v) is 9.62. The zero-order valence-corrected chi connectivity index (χ0v) is 16.5. The van der Waals surface area contributed by atoms with Crippen LogP contribution < -0.4 is 10.1 Å². The van der Waals surface area contributed by atoms with Crippen LogP contribution >= 0.6 is 15.9 Å². The quantitative estimate of drug-likeness (QED) is 0.724. The first kappa shape index (κ1) is 19.8. The number of halogens is 2. The highest BCUT2D eigenvalue weighted by Gasteiger charge is 2.11. The zero-order valence-electron chi connectivity index (χ0n) is 14.9. The number of rotatable bonds is 7. The summed E-state index contributed by atoms with van der Waals surface area (Å²) in [5.41, 5.74) is 2.24. The van der Waals surface area contributed by atoms with Crippen LogP contribution in [-0.2, 0) is 22.6 Å². The fraction of sp³-hybridized carbons (Fsp3) is 0.350. The van der Waals surface area contributed by atoms with Crippen molar-refractivity contribution in [3.05, 3.63) is 63.9 Å². The van der Waals surface area contributed by atoms with Gasteiger partial charge >= 0.3 is 0 Å². The van der Waals surface area contributed by atoms with Crippen LogP contribution in [0.4, 0.5) is 4.39 Å². The van der Waals surface area contributed by atoms with Gasteiger partial charge in [0.15, 0.2) is 18.2 Å². The summed E-state index contributed by atoms with van der Waals surface area (Å²) in [7, 11) is 0. The molecule has 1 fully saturated rings. The van der Waals surface area contributed by atoms with Crippen LogP contribution in [0.25, 0.3) is 0 Å². The molecule has 7 heteroatoms. The maximum atomic E-state index is 13.7. The van der Waals surface area contributed by atoms with Crippen molar-refractivity contribution in [2.45, 2.75) is 13.1 Å². The molecule has 1 aliphatic heterocycles.